The first-order valence-corrected chi connectivity index (χ1v) is 11.3. The van der Waals surface area contributed by atoms with E-state index >= 15 is 0 Å². The number of hydrogen-bond acceptors (Lipinski definition) is 6. The first-order valence-electron chi connectivity index (χ1n) is 11.3. The molecule has 0 fully saturated rings. The van der Waals surface area contributed by atoms with Gasteiger partial charge in [0.1, 0.15) is 5.75 Å². The van der Waals surface area contributed by atoms with E-state index in [9.17, 15) is 14.7 Å². The Kier molecular flexibility index (Phi) is 8.11. The van der Waals surface area contributed by atoms with Gasteiger partial charge >= 0.3 is 0 Å². The number of hydrogen-bond donors (Lipinski definition) is 1. The van der Waals surface area contributed by atoms with Crippen molar-refractivity contribution < 1.29 is 23.8 Å². The van der Waals surface area contributed by atoms with Crippen LogP contribution in [0.4, 0.5) is 0 Å². The Balaban J connectivity index is 1.90. The second kappa shape index (κ2) is 11.0. The Morgan fingerprint density at radius 2 is 1.88 bits per heavy atom. The summed E-state index contributed by atoms with van der Waals surface area (Å²) in [6.07, 6.45) is 3.03. The highest BCUT2D eigenvalue weighted by Crippen LogP contribution is 2.39. The number of amides is 1. The van der Waals surface area contributed by atoms with Crippen LogP contribution in [0.2, 0.25) is 0 Å². The number of Topliss-reactive ketones (excluding diaryl/α,β-unsaturated/α-hetero) is 1. The summed E-state index contributed by atoms with van der Waals surface area (Å²) >= 11 is 0. The minimum atomic E-state index is -0.683. The maximum atomic E-state index is 13.2. The summed E-state index contributed by atoms with van der Waals surface area (Å²) in [7, 11) is 0. The first-order chi connectivity index (χ1) is 15.5. The molecule has 1 N–H and O–H groups in total. The molecule has 172 valence electrons. The molecule has 0 spiro atoms. The van der Waals surface area contributed by atoms with Gasteiger partial charge in [-0.15, -0.1) is 0 Å². The van der Waals surface area contributed by atoms with Crippen molar-refractivity contribution in [3.05, 3.63) is 65.3 Å². The summed E-state index contributed by atoms with van der Waals surface area (Å²) in [5, 5.41) is 10.7. The maximum Gasteiger partial charge on any atom is 0.290 e. The van der Waals surface area contributed by atoms with Crippen LogP contribution in [-0.2, 0) is 4.79 Å². The third-order valence-electron chi connectivity index (χ3n) is 5.73. The molecule has 7 heteroatoms. The lowest BCUT2D eigenvalue weighted by atomic mass is 9.95. The Morgan fingerprint density at radius 1 is 1.16 bits per heavy atom. The third-order valence-corrected chi connectivity index (χ3v) is 5.73. The van der Waals surface area contributed by atoms with Crippen LogP contribution in [0, 0.1) is 0 Å². The molecule has 3 rings (SSSR count). The fourth-order valence-electron chi connectivity index (χ4n) is 3.97. The summed E-state index contributed by atoms with van der Waals surface area (Å²) in [6.45, 7) is 9.96. The number of rotatable bonds is 12. The van der Waals surface area contributed by atoms with Gasteiger partial charge in [0.2, 0.25) is 5.78 Å². The number of carbonyl (C=O) groups is 2. The summed E-state index contributed by atoms with van der Waals surface area (Å²) in [5.74, 6) is -0.706. The Hall–Kier alpha value is -3.06. The smallest absolute Gasteiger partial charge is 0.290 e. The molecule has 0 aliphatic carbocycles. The zero-order valence-electron chi connectivity index (χ0n) is 19.0. The third kappa shape index (κ3) is 5.05. The van der Waals surface area contributed by atoms with Crippen molar-refractivity contribution in [2.75, 3.05) is 32.8 Å². The Bertz CT molecular complexity index is 930. The summed E-state index contributed by atoms with van der Waals surface area (Å²) < 4.78 is 10.9. The summed E-state index contributed by atoms with van der Waals surface area (Å²) in [5.41, 5.74) is 0.791. The lowest BCUT2D eigenvalue weighted by Crippen LogP contribution is -2.34. The van der Waals surface area contributed by atoms with Gasteiger partial charge in [0.05, 0.1) is 24.5 Å². The van der Waals surface area contributed by atoms with Crippen molar-refractivity contribution in [3.8, 4) is 5.75 Å². The van der Waals surface area contributed by atoms with Crippen molar-refractivity contribution in [1.82, 2.24) is 9.80 Å². The number of benzene rings is 1. The zero-order chi connectivity index (χ0) is 23.1. The minimum Gasteiger partial charge on any atom is -0.503 e. The SMILES string of the molecule is CCCOc1ccc([C@@H]2C(C(=O)c3ccco3)=C(O)C(=O)N2CCCN(CC)CC)cc1. The molecular formula is C25H32N2O5. The van der Waals surface area contributed by atoms with Crippen LogP contribution in [-0.4, -0.2) is 59.4 Å². The fraction of sp³-hybridized carbons (Fsp3) is 0.440. The molecule has 1 aliphatic rings. The molecule has 2 aromatic rings. The van der Waals surface area contributed by atoms with Crippen LogP contribution in [0.5, 0.6) is 5.75 Å². The molecular weight excluding hydrogens is 408 g/mol. The topological polar surface area (TPSA) is 83.2 Å². The predicted octanol–water partition coefficient (Wildman–Crippen LogP) is 4.38. The second-order valence-corrected chi connectivity index (χ2v) is 7.77. The van der Waals surface area contributed by atoms with Gasteiger partial charge in [-0.05, 0) is 62.3 Å². The summed E-state index contributed by atoms with van der Waals surface area (Å²) in [4.78, 5) is 30.0. The van der Waals surface area contributed by atoms with Crippen LogP contribution in [0.3, 0.4) is 0 Å². The summed E-state index contributed by atoms with van der Waals surface area (Å²) in [6, 6.07) is 9.80. The molecule has 1 aromatic heterocycles. The number of ketones is 1. The van der Waals surface area contributed by atoms with E-state index in [-0.39, 0.29) is 11.3 Å². The first kappa shape index (κ1) is 23.6. The number of nitrogens with zero attached hydrogens (tertiary/aromatic N) is 2. The van der Waals surface area contributed by atoms with E-state index in [1.807, 2.05) is 31.2 Å². The molecule has 0 bridgehead atoms. The van der Waals surface area contributed by atoms with Crippen LogP contribution in [0.15, 0.2) is 58.4 Å². The molecule has 0 saturated carbocycles. The van der Waals surface area contributed by atoms with Gasteiger partial charge in [-0.2, -0.15) is 0 Å². The van der Waals surface area contributed by atoms with Crippen molar-refractivity contribution in [1.29, 1.82) is 0 Å². The Morgan fingerprint density at radius 3 is 2.47 bits per heavy atom. The van der Waals surface area contributed by atoms with Crippen molar-refractivity contribution >= 4 is 11.7 Å². The zero-order valence-corrected chi connectivity index (χ0v) is 19.0. The van der Waals surface area contributed by atoms with E-state index in [1.54, 1.807) is 11.0 Å². The molecule has 0 radical (unpaired) electrons. The second-order valence-electron chi connectivity index (χ2n) is 7.77. The Labute approximate surface area is 189 Å². The highest BCUT2D eigenvalue weighted by atomic mass is 16.5. The molecule has 0 unspecified atom stereocenters. The monoisotopic (exact) mass is 440 g/mol. The predicted molar refractivity (Wildman–Crippen MR) is 122 cm³/mol. The number of aliphatic hydroxyl groups is 1. The largest absolute Gasteiger partial charge is 0.503 e. The quantitative estimate of drug-likeness (QED) is 0.493. The van der Waals surface area contributed by atoms with Crippen LogP contribution in [0.1, 0.15) is 55.8 Å². The molecule has 1 atom stereocenters. The van der Waals surface area contributed by atoms with E-state index in [1.165, 1.54) is 12.3 Å². The van der Waals surface area contributed by atoms with Crippen LogP contribution in [0.25, 0.3) is 0 Å². The van der Waals surface area contributed by atoms with Crippen molar-refractivity contribution in [3.63, 3.8) is 0 Å². The lowest BCUT2D eigenvalue weighted by Gasteiger charge is -2.28. The molecule has 0 saturated heterocycles. The van der Waals surface area contributed by atoms with Gasteiger partial charge in [0.15, 0.2) is 11.5 Å². The average Bonchev–Trinajstić information content (AvgIpc) is 3.43. The van der Waals surface area contributed by atoms with Gasteiger partial charge in [-0.25, -0.2) is 0 Å². The number of ether oxygens (including phenoxy) is 1. The maximum absolute atomic E-state index is 13.2. The molecule has 7 nitrogen and oxygen atoms in total. The molecule has 1 amide bonds. The van der Waals surface area contributed by atoms with Crippen molar-refractivity contribution in [2.24, 2.45) is 0 Å². The van der Waals surface area contributed by atoms with Gasteiger partial charge in [0, 0.05) is 6.54 Å². The van der Waals surface area contributed by atoms with Gasteiger partial charge in [0.25, 0.3) is 5.91 Å². The fourth-order valence-corrected chi connectivity index (χ4v) is 3.97. The van der Waals surface area contributed by atoms with Crippen LogP contribution >= 0.6 is 0 Å². The van der Waals surface area contributed by atoms with E-state index in [2.05, 4.69) is 18.7 Å². The lowest BCUT2D eigenvalue weighted by molar-refractivity contribution is -0.129. The molecule has 1 aromatic carbocycles. The van der Waals surface area contributed by atoms with Crippen LogP contribution < -0.4 is 4.74 Å². The van der Waals surface area contributed by atoms with Crippen molar-refractivity contribution in [2.45, 2.75) is 39.7 Å². The average molecular weight is 441 g/mol. The highest BCUT2D eigenvalue weighted by molar-refractivity contribution is 6.15. The number of aliphatic hydroxyl groups excluding tert-OH is 1. The number of carbonyl (C=O) groups excluding carboxylic acids is 2. The van der Waals surface area contributed by atoms with E-state index < -0.39 is 23.5 Å². The van der Waals surface area contributed by atoms with E-state index in [0.717, 1.165) is 43.8 Å². The molecule has 2 heterocycles. The standard InChI is InChI=1S/C25H32N2O5/c1-4-16-31-19-12-10-18(11-13-19)22-21(23(28)20-9-7-17-32-20)24(29)25(30)27(22)15-8-14-26(5-2)6-3/h7,9-13,17,22,29H,4-6,8,14-16H2,1-3H3/t22-/m1/s1. The van der Waals surface area contributed by atoms with Gasteiger partial charge < -0.3 is 24.1 Å². The van der Waals surface area contributed by atoms with Gasteiger partial charge in [-0.3, -0.25) is 9.59 Å². The van der Waals surface area contributed by atoms with E-state index in [4.69, 9.17) is 9.15 Å². The normalized spacial score (nSPS) is 16.3. The van der Waals surface area contributed by atoms with Gasteiger partial charge in [-0.1, -0.05) is 32.9 Å². The molecule has 32 heavy (non-hydrogen) atoms. The number of furan rings is 1. The highest BCUT2D eigenvalue weighted by Gasteiger charge is 2.44. The minimum absolute atomic E-state index is 0.0509. The molecule has 1 aliphatic heterocycles. The van der Waals surface area contributed by atoms with E-state index in [0.29, 0.717) is 13.2 Å².